The normalized spacial score (nSPS) is 13.4. The summed E-state index contributed by atoms with van der Waals surface area (Å²) in [6, 6.07) is 11.1. The summed E-state index contributed by atoms with van der Waals surface area (Å²) in [5.41, 5.74) is 0. The van der Waals surface area contributed by atoms with Crippen molar-refractivity contribution in [2.24, 2.45) is 0 Å². The first-order valence-corrected chi connectivity index (χ1v) is 15.0. The zero-order valence-corrected chi connectivity index (χ0v) is 16.8. The van der Waals surface area contributed by atoms with Crippen LogP contribution in [0.15, 0.2) is 30.3 Å². The van der Waals surface area contributed by atoms with E-state index in [1.165, 1.54) is 19.3 Å². The third-order valence-electron chi connectivity index (χ3n) is 4.26. The molecule has 116 valence electrons. The lowest BCUT2D eigenvalue weighted by atomic mass is 10.2. The summed E-state index contributed by atoms with van der Waals surface area (Å²) in [5.74, 6) is 7.25. The maximum atomic E-state index is 3.73. The quantitative estimate of drug-likeness (QED) is 0.373. The molecule has 1 aromatic carbocycles. The average Bonchev–Trinajstić information content (AvgIpc) is 2.42. The fraction of sp³-hybridized carbons (Fsp3) is 0.579. The number of benzene rings is 1. The predicted molar refractivity (Wildman–Crippen MR) is 103 cm³/mol. The van der Waals surface area contributed by atoms with Crippen molar-refractivity contribution >= 4 is 21.3 Å². The number of rotatable bonds is 6. The molecule has 0 fully saturated rings. The van der Waals surface area contributed by atoms with Crippen LogP contribution in [0.3, 0.4) is 0 Å². The van der Waals surface area contributed by atoms with Gasteiger partial charge in [-0.25, -0.2) is 0 Å². The molecular formula is C19H32Si2. The summed E-state index contributed by atoms with van der Waals surface area (Å²) in [7, 11) is -2.81. The van der Waals surface area contributed by atoms with Crippen LogP contribution < -0.4 is 5.19 Å². The number of hydrogen-bond donors (Lipinski definition) is 0. The number of hydrogen-bond acceptors (Lipinski definition) is 0. The Morgan fingerprint density at radius 2 is 1.57 bits per heavy atom. The van der Waals surface area contributed by atoms with Gasteiger partial charge in [0.05, 0.1) is 16.1 Å². The van der Waals surface area contributed by atoms with Crippen molar-refractivity contribution in [2.45, 2.75) is 70.5 Å². The molecule has 1 rings (SSSR count). The Morgan fingerprint density at radius 3 is 2.10 bits per heavy atom. The van der Waals surface area contributed by atoms with Crippen molar-refractivity contribution in [3.05, 3.63) is 30.3 Å². The maximum absolute atomic E-state index is 3.73. The Labute approximate surface area is 134 Å². The molecule has 0 saturated carbocycles. The number of unbranched alkanes of at least 4 members (excludes halogenated alkanes) is 3. The Morgan fingerprint density at radius 1 is 0.952 bits per heavy atom. The molecule has 2 heteroatoms. The van der Waals surface area contributed by atoms with Crippen LogP contribution in [0.4, 0.5) is 0 Å². The summed E-state index contributed by atoms with van der Waals surface area (Å²) in [5, 5.41) is 2.19. The highest BCUT2D eigenvalue weighted by Gasteiger charge is 2.40. The molecule has 0 nitrogen and oxygen atoms in total. The van der Waals surface area contributed by atoms with Crippen molar-refractivity contribution in [1.29, 1.82) is 0 Å². The molecule has 1 aromatic rings. The first-order valence-electron chi connectivity index (χ1n) is 8.34. The van der Waals surface area contributed by atoms with Gasteiger partial charge in [-0.05, 0) is 6.42 Å². The summed E-state index contributed by atoms with van der Waals surface area (Å²) in [6.07, 6.45) is 4.93. The Balaban J connectivity index is 2.97. The maximum Gasteiger partial charge on any atom is 0.0932 e. The molecule has 0 aliphatic heterocycles. The molecule has 0 amide bonds. The second-order valence-electron chi connectivity index (χ2n) is 7.66. The fourth-order valence-corrected chi connectivity index (χ4v) is 14.7. The molecule has 0 saturated heterocycles. The molecule has 0 aliphatic rings. The predicted octanol–water partition coefficient (Wildman–Crippen LogP) is 5.43. The molecule has 0 heterocycles. The van der Waals surface area contributed by atoms with E-state index in [0.29, 0.717) is 5.16 Å². The summed E-state index contributed by atoms with van der Waals surface area (Å²) in [6.45, 7) is 14.7. The highest BCUT2D eigenvalue weighted by Crippen LogP contribution is 2.31. The van der Waals surface area contributed by atoms with Crippen molar-refractivity contribution in [3.63, 3.8) is 0 Å². The van der Waals surface area contributed by atoms with Crippen LogP contribution in [0.5, 0.6) is 0 Å². The molecule has 0 bridgehead atoms. The van der Waals surface area contributed by atoms with Crippen LogP contribution in [0, 0.1) is 11.8 Å². The highest BCUT2D eigenvalue weighted by molar-refractivity contribution is 7.04. The minimum absolute atomic E-state index is 0.633. The van der Waals surface area contributed by atoms with Crippen molar-refractivity contribution in [3.8, 4) is 11.8 Å². The smallest absolute Gasteiger partial charge is 0.0932 e. The van der Waals surface area contributed by atoms with E-state index in [4.69, 9.17) is 0 Å². The van der Waals surface area contributed by atoms with Gasteiger partial charge in [0, 0.05) is 11.6 Å². The zero-order valence-electron chi connectivity index (χ0n) is 14.8. The van der Waals surface area contributed by atoms with E-state index in [2.05, 4.69) is 81.8 Å². The van der Waals surface area contributed by atoms with Crippen LogP contribution in [0.25, 0.3) is 0 Å². The Hall–Kier alpha value is -0.786. The van der Waals surface area contributed by atoms with Gasteiger partial charge in [0.25, 0.3) is 0 Å². The second kappa shape index (κ2) is 8.01. The largest absolute Gasteiger partial charge is 0.106 e. The van der Waals surface area contributed by atoms with Crippen LogP contribution in [-0.4, -0.2) is 16.1 Å². The SMILES string of the molecule is CCCCCC#CC([Si](C)(C)C)[Si](C)(C)c1ccccc1. The van der Waals surface area contributed by atoms with Crippen molar-refractivity contribution < 1.29 is 0 Å². The molecule has 21 heavy (non-hydrogen) atoms. The molecule has 0 N–H and O–H groups in total. The second-order valence-corrected chi connectivity index (χ2v) is 18.1. The van der Waals surface area contributed by atoms with Gasteiger partial charge in [0.2, 0.25) is 0 Å². The lowest BCUT2D eigenvalue weighted by Gasteiger charge is -2.37. The van der Waals surface area contributed by atoms with Gasteiger partial charge in [-0.3, -0.25) is 0 Å². The first kappa shape index (κ1) is 18.3. The summed E-state index contributed by atoms with van der Waals surface area (Å²) < 4.78 is 0. The highest BCUT2D eigenvalue weighted by atomic mass is 28.4. The van der Waals surface area contributed by atoms with Gasteiger partial charge in [0.1, 0.15) is 0 Å². The summed E-state index contributed by atoms with van der Waals surface area (Å²) in [4.78, 5) is 0. The van der Waals surface area contributed by atoms with Crippen LogP contribution >= 0.6 is 0 Å². The van der Waals surface area contributed by atoms with Crippen LogP contribution in [-0.2, 0) is 0 Å². The van der Waals surface area contributed by atoms with E-state index in [-0.39, 0.29) is 0 Å². The Kier molecular flexibility index (Phi) is 6.96. The third-order valence-corrected chi connectivity index (χ3v) is 14.3. The van der Waals surface area contributed by atoms with E-state index >= 15 is 0 Å². The third kappa shape index (κ3) is 5.49. The minimum atomic E-state index is -1.52. The van der Waals surface area contributed by atoms with Crippen LogP contribution in [0.2, 0.25) is 37.9 Å². The monoisotopic (exact) mass is 316 g/mol. The molecule has 1 unspecified atom stereocenters. The molecule has 1 atom stereocenters. The first-order chi connectivity index (χ1) is 9.80. The van der Waals surface area contributed by atoms with Crippen molar-refractivity contribution in [1.82, 2.24) is 0 Å². The standard InChI is InChI=1S/C19H32Si2/c1-7-8-9-10-14-17-19(20(2,3)4)21(5,6)18-15-12-11-13-16-18/h11-13,15-16,19H,7-10H2,1-6H3. The van der Waals surface area contributed by atoms with Gasteiger partial charge in [-0.2, -0.15) is 0 Å². The van der Waals surface area contributed by atoms with Gasteiger partial charge in [-0.1, -0.05) is 88.0 Å². The van der Waals surface area contributed by atoms with Gasteiger partial charge in [0.15, 0.2) is 0 Å². The minimum Gasteiger partial charge on any atom is -0.106 e. The lowest BCUT2D eigenvalue weighted by molar-refractivity contribution is 0.737. The molecule has 0 radical (unpaired) electrons. The van der Waals surface area contributed by atoms with Gasteiger partial charge in [-0.15, -0.1) is 11.8 Å². The molecule has 0 aromatic heterocycles. The van der Waals surface area contributed by atoms with E-state index in [1.54, 1.807) is 5.19 Å². The zero-order chi connectivity index (χ0) is 15.9. The van der Waals surface area contributed by atoms with Gasteiger partial charge >= 0.3 is 0 Å². The van der Waals surface area contributed by atoms with E-state index in [9.17, 15) is 0 Å². The van der Waals surface area contributed by atoms with E-state index in [0.717, 1.165) is 6.42 Å². The van der Waals surface area contributed by atoms with E-state index < -0.39 is 16.1 Å². The lowest BCUT2D eigenvalue weighted by Crippen LogP contribution is -2.53. The average molecular weight is 317 g/mol. The fourth-order valence-electron chi connectivity index (χ4n) is 3.15. The van der Waals surface area contributed by atoms with E-state index in [1.807, 2.05) is 0 Å². The topological polar surface area (TPSA) is 0 Å². The Bertz CT molecular complexity index is 472. The molecule has 0 spiro atoms. The van der Waals surface area contributed by atoms with Gasteiger partial charge < -0.3 is 0 Å². The molecular weight excluding hydrogens is 284 g/mol. The summed E-state index contributed by atoms with van der Waals surface area (Å²) >= 11 is 0. The van der Waals surface area contributed by atoms with Crippen molar-refractivity contribution in [2.75, 3.05) is 0 Å². The molecule has 0 aliphatic carbocycles. The van der Waals surface area contributed by atoms with Crippen LogP contribution in [0.1, 0.15) is 32.6 Å².